The van der Waals surface area contributed by atoms with E-state index in [1.165, 1.54) is 0 Å². The van der Waals surface area contributed by atoms with E-state index in [0.717, 1.165) is 0 Å². The summed E-state index contributed by atoms with van der Waals surface area (Å²) in [5.74, 6) is 0. The Hall–Kier alpha value is -0.130. The average Bonchev–Trinajstić information content (AvgIpc) is 1.97. The van der Waals surface area contributed by atoms with Crippen molar-refractivity contribution >= 4 is 7.91 Å². The Bertz CT molecular complexity index is 193. The van der Waals surface area contributed by atoms with Gasteiger partial charge < -0.3 is 0 Å². The zero-order valence-electron chi connectivity index (χ0n) is 6.81. The Morgan fingerprint density at radius 3 is 2.23 bits per heavy atom. The van der Waals surface area contributed by atoms with Gasteiger partial charge in [-0.3, -0.25) is 9.05 Å². The van der Waals surface area contributed by atoms with Crippen LogP contribution in [0.3, 0.4) is 0 Å². The zero-order valence-corrected chi connectivity index (χ0v) is 7.70. The highest BCUT2D eigenvalue weighted by atomic mass is 31.2. The van der Waals surface area contributed by atoms with E-state index in [9.17, 15) is 21.9 Å². The van der Waals surface area contributed by atoms with Crippen LogP contribution in [-0.2, 0) is 13.6 Å². The van der Waals surface area contributed by atoms with Crippen LogP contribution < -0.4 is 0 Å². The molecule has 0 saturated carbocycles. The molecule has 0 rings (SSSR count). The molecule has 0 aromatic rings. The highest BCUT2D eigenvalue weighted by molar-refractivity contribution is 7.48. The van der Waals surface area contributed by atoms with Gasteiger partial charge in [0.2, 0.25) is 0 Å². The Balaban J connectivity index is 3.83. The normalized spacial score (nSPS) is 17.0. The fraction of sp³-hybridized carbons (Fsp3) is 1.00. The van der Waals surface area contributed by atoms with Gasteiger partial charge in [-0.25, -0.2) is 4.57 Å². The maximum Gasteiger partial charge on any atom is 0.513 e. The van der Waals surface area contributed by atoms with Crippen LogP contribution >= 0.6 is 7.91 Å². The van der Waals surface area contributed by atoms with Crippen LogP contribution in [0, 0.1) is 0 Å². The summed E-state index contributed by atoms with van der Waals surface area (Å²) in [4.78, 5) is 0. The number of alkyl halides is 3. The minimum atomic E-state index is -5.03. The van der Waals surface area contributed by atoms with Gasteiger partial charge in [-0.05, 0) is 6.42 Å². The highest BCUT2D eigenvalue weighted by Gasteiger charge is 2.34. The molecule has 0 aliphatic rings. The van der Waals surface area contributed by atoms with Crippen LogP contribution in [0.4, 0.5) is 17.4 Å². The molecule has 80 valence electrons. The van der Waals surface area contributed by atoms with E-state index < -0.39 is 20.7 Å². The fourth-order valence-corrected chi connectivity index (χ4v) is 1.16. The molecule has 0 bridgehead atoms. The van der Waals surface area contributed by atoms with Crippen molar-refractivity contribution in [2.75, 3.05) is 13.2 Å². The van der Waals surface area contributed by atoms with Crippen molar-refractivity contribution < 1.29 is 31.0 Å². The van der Waals surface area contributed by atoms with Crippen molar-refractivity contribution in [3.8, 4) is 0 Å². The molecule has 8 heteroatoms. The lowest BCUT2D eigenvalue weighted by molar-refractivity contribution is -0.156. The molecule has 0 aromatic heterocycles. The molecule has 1 atom stereocenters. The van der Waals surface area contributed by atoms with Crippen molar-refractivity contribution in [1.82, 2.24) is 0 Å². The molecule has 0 aromatic carbocycles. The smallest absolute Gasteiger partial charge is 0.284 e. The van der Waals surface area contributed by atoms with Gasteiger partial charge in [0, 0.05) is 0 Å². The molecule has 0 aliphatic heterocycles. The number of hydrogen-bond donors (Lipinski definition) is 0. The number of rotatable bonds is 5. The molecule has 0 radical (unpaired) electrons. The van der Waals surface area contributed by atoms with Crippen molar-refractivity contribution in [3.63, 3.8) is 0 Å². The Morgan fingerprint density at radius 1 is 1.31 bits per heavy atom. The maximum absolute atomic E-state index is 12.4. The third-order valence-corrected chi connectivity index (χ3v) is 1.76. The van der Waals surface area contributed by atoms with Crippen LogP contribution in [0.1, 0.15) is 13.3 Å². The topological polar surface area (TPSA) is 35.5 Å². The molecule has 0 heterocycles. The van der Waals surface area contributed by atoms with E-state index in [-0.39, 0.29) is 6.61 Å². The number of hydrogen-bond acceptors (Lipinski definition) is 3. The third-order valence-electron chi connectivity index (χ3n) is 0.832. The monoisotopic (exact) mass is 224 g/mol. The maximum atomic E-state index is 12.4. The van der Waals surface area contributed by atoms with E-state index in [1.54, 1.807) is 6.92 Å². The third kappa shape index (κ3) is 8.21. The van der Waals surface area contributed by atoms with E-state index >= 15 is 0 Å². The summed E-state index contributed by atoms with van der Waals surface area (Å²) in [5, 5.41) is 0. The molecular formula is C5H9F4O3P. The first-order chi connectivity index (χ1) is 5.77. The molecule has 13 heavy (non-hydrogen) atoms. The van der Waals surface area contributed by atoms with Crippen molar-refractivity contribution in [1.29, 1.82) is 0 Å². The van der Waals surface area contributed by atoms with E-state index in [2.05, 4.69) is 9.05 Å². The summed E-state index contributed by atoms with van der Waals surface area (Å²) in [6, 6.07) is 0. The molecule has 0 amide bonds. The lowest BCUT2D eigenvalue weighted by atomic mass is 10.5. The average molecular weight is 224 g/mol. The van der Waals surface area contributed by atoms with Crippen LogP contribution in [-0.4, -0.2) is 19.4 Å². The summed E-state index contributed by atoms with van der Waals surface area (Å²) in [6.07, 6.45) is -4.37. The lowest BCUT2D eigenvalue weighted by Gasteiger charge is -2.10. The van der Waals surface area contributed by atoms with Gasteiger partial charge in [-0.2, -0.15) is 13.2 Å². The summed E-state index contributed by atoms with van der Waals surface area (Å²) >= 11 is 0. The SMILES string of the molecule is CCCOP(=O)(F)OCC(F)(F)F. The first-order valence-corrected chi connectivity index (χ1v) is 4.86. The quantitative estimate of drug-likeness (QED) is 0.531. The van der Waals surface area contributed by atoms with Gasteiger partial charge in [0.1, 0.15) is 0 Å². The lowest BCUT2D eigenvalue weighted by Crippen LogP contribution is -2.15. The second-order valence-electron chi connectivity index (χ2n) is 2.15. The van der Waals surface area contributed by atoms with Gasteiger partial charge in [-0.1, -0.05) is 6.92 Å². The standard InChI is InChI=1S/C5H9F4O3P/c1-2-3-11-13(9,10)12-4-5(6,7)8/h2-4H2,1H3. The molecule has 1 unspecified atom stereocenters. The predicted molar refractivity (Wildman–Crippen MR) is 37.0 cm³/mol. The minimum absolute atomic E-state index is 0.244. The van der Waals surface area contributed by atoms with Crippen LogP contribution in [0.2, 0.25) is 0 Å². The first-order valence-electron chi connectivity index (χ1n) is 3.42. The fourth-order valence-electron chi connectivity index (χ4n) is 0.388. The van der Waals surface area contributed by atoms with Gasteiger partial charge >= 0.3 is 14.1 Å². The highest BCUT2D eigenvalue weighted by Crippen LogP contribution is 2.50. The van der Waals surface area contributed by atoms with E-state index in [1.807, 2.05) is 0 Å². The van der Waals surface area contributed by atoms with Gasteiger partial charge in [0.25, 0.3) is 0 Å². The molecular weight excluding hydrogens is 215 g/mol. The first kappa shape index (κ1) is 12.9. The summed E-state index contributed by atoms with van der Waals surface area (Å²) in [5.41, 5.74) is 0. The molecule has 0 spiro atoms. The second-order valence-corrected chi connectivity index (χ2v) is 3.53. The van der Waals surface area contributed by atoms with Gasteiger partial charge in [0.15, 0.2) is 6.61 Å². The Kier molecular flexibility index (Phi) is 4.88. The predicted octanol–water partition coefficient (Wildman–Crippen LogP) is 3.07. The zero-order chi connectivity index (χ0) is 10.5. The molecule has 3 nitrogen and oxygen atoms in total. The largest absolute Gasteiger partial charge is 0.513 e. The van der Waals surface area contributed by atoms with Crippen LogP contribution in [0.15, 0.2) is 0 Å². The molecule has 0 fully saturated rings. The van der Waals surface area contributed by atoms with E-state index in [0.29, 0.717) is 6.42 Å². The van der Waals surface area contributed by atoms with E-state index in [4.69, 9.17) is 0 Å². The summed E-state index contributed by atoms with van der Waals surface area (Å²) in [6.45, 7) is -0.570. The Labute approximate surface area is 72.7 Å². The van der Waals surface area contributed by atoms with Gasteiger partial charge in [-0.15, -0.1) is 4.20 Å². The molecule has 0 saturated heterocycles. The molecule has 0 N–H and O–H groups in total. The van der Waals surface area contributed by atoms with Gasteiger partial charge in [0.05, 0.1) is 6.61 Å². The molecule has 0 aliphatic carbocycles. The number of halogens is 4. The van der Waals surface area contributed by atoms with Crippen LogP contribution in [0.5, 0.6) is 0 Å². The second kappa shape index (κ2) is 4.93. The summed E-state index contributed by atoms with van der Waals surface area (Å²) < 4.78 is 64.5. The van der Waals surface area contributed by atoms with Crippen molar-refractivity contribution in [3.05, 3.63) is 0 Å². The minimum Gasteiger partial charge on any atom is -0.284 e. The van der Waals surface area contributed by atoms with Crippen molar-refractivity contribution in [2.24, 2.45) is 0 Å². The van der Waals surface area contributed by atoms with Crippen molar-refractivity contribution in [2.45, 2.75) is 19.5 Å². The summed E-state index contributed by atoms with van der Waals surface area (Å²) in [7, 11) is -5.03. The van der Waals surface area contributed by atoms with Crippen LogP contribution in [0.25, 0.3) is 0 Å². The Morgan fingerprint density at radius 2 is 1.85 bits per heavy atom.